The molecule has 1 aromatic heterocycles. The fraction of sp³-hybridized carbons (Fsp3) is 0.231. The number of amides is 1. The van der Waals surface area contributed by atoms with Crippen LogP contribution in [0.4, 0.5) is 5.82 Å². The van der Waals surface area contributed by atoms with Gasteiger partial charge in [-0.3, -0.25) is 9.48 Å². The first-order valence-corrected chi connectivity index (χ1v) is 5.78. The maximum atomic E-state index is 11.6. The molecule has 18 heavy (non-hydrogen) atoms. The van der Waals surface area contributed by atoms with Gasteiger partial charge in [0.25, 0.3) is 0 Å². The summed E-state index contributed by atoms with van der Waals surface area (Å²) in [5.74, 6) is 0.650. The maximum absolute atomic E-state index is 11.6. The zero-order valence-electron chi connectivity index (χ0n) is 10.3. The fourth-order valence-electron chi connectivity index (χ4n) is 1.54. The molecule has 2 aromatic rings. The lowest BCUT2D eigenvalue weighted by atomic mass is 10.2. The van der Waals surface area contributed by atoms with E-state index in [-0.39, 0.29) is 12.5 Å². The minimum Gasteiger partial charge on any atom is -0.360 e. The zero-order chi connectivity index (χ0) is 12.8. The highest BCUT2D eigenvalue weighted by atomic mass is 16.1. The summed E-state index contributed by atoms with van der Waals surface area (Å²) in [6.07, 6.45) is 1.82. The molecular formula is C13H16N4O. The molecule has 0 atom stereocenters. The molecule has 5 nitrogen and oxygen atoms in total. The molecule has 0 saturated heterocycles. The Balaban J connectivity index is 1.73. The van der Waals surface area contributed by atoms with Gasteiger partial charge in [0.2, 0.25) is 5.91 Å². The molecule has 1 amide bonds. The van der Waals surface area contributed by atoms with Crippen LogP contribution >= 0.6 is 0 Å². The SMILES string of the molecule is Cn1ccc(NCC(=O)NCc2ccccc2)n1. The van der Waals surface area contributed by atoms with Gasteiger partial charge in [-0.05, 0) is 5.56 Å². The molecule has 0 unspecified atom stereocenters. The summed E-state index contributed by atoms with van der Waals surface area (Å²) in [6, 6.07) is 11.6. The van der Waals surface area contributed by atoms with Crippen LogP contribution < -0.4 is 10.6 Å². The van der Waals surface area contributed by atoms with Crippen molar-refractivity contribution >= 4 is 11.7 Å². The fourth-order valence-corrected chi connectivity index (χ4v) is 1.54. The van der Waals surface area contributed by atoms with E-state index in [2.05, 4.69) is 15.7 Å². The van der Waals surface area contributed by atoms with E-state index in [0.29, 0.717) is 12.4 Å². The molecular weight excluding hydrogens is 228 g/mol. The highest BCUT2D eigenvalue weighted by Crippen LogP contribution is 2.00. The van der Waals surface area contributed by atoms with E-state index < -0.39 is 0 Å². The average Bonchev–Trinajstić information content (AvgIpc) is 2.81. The van der Waals surface area contributed by atoms with Crippen molar-refractivity contribution < 1.29 is 4.79 Å². The van der Waals surface area contributed by atoms with Crippen molar-refractivity contribution in [3.63, 3.8) is 0 Å². The van der Waals surface area contributed by atoms with Gasteiger partial charge in [0.15, 0.2) is 0 Å². The number of hydrogen-bond acceptors (Lipinski definition) is 3. The first kappa shape index (κ1) is 12.2. The van der Waals surface area contributed by atoms with E-state index in [1.807, 2.05) is 49.6 Å². The minimum absolute atomic E-state index is 0.0514. The van der Waals surface area contributed by atoms with Gasteiger partial charge >= 0.3 is 0 Å². The van der Waals surface area contributed by atoms with Crippen LogP contribution in [0.1, 0.15) is 5.56 Å². The number of aryl methyl sites for hydroxylation is 1. The lowest BCUT2D eigenvalue weighted by Gasteiger charge is -2.05. The van der Waals surface area contributed by atoms with E-state index in [1.165, 1.54) is 0 Å². The predicted molar refractivity (Wildman–Crippen MR) is 70.0 cm³/mol. The van der Waals surface area contributed by atoms with Crippen molar-refractivity contribution in [3.05, 3.63) is 48.2 Å². The van der Waals surface area contributed by atoms with Gasteiger partial charge in [-0.2, -0.15) is 5.10 Å². The largest absolute Gasteiger partial charge is 0.360 e. The second-order valence-electron chi connectivity index (χ2n) is 3.99. The number of carbonyl (C=O) groups excluding carboxylic acids is 1. The number of aromatic nitrogens is 2. The van der Waals surface area contributed by atoms with E-state index in [0.717, 1.165) is 5.56 Å². The Morgan fingerprint density at radius 2 is 2.06 bits per heavy atom. The molecule has 2 rings (SSSR count). The Kier molecular flexibility index (Phi) is 3.96. The van der Waals surface area contributed by atoms with Crippen molar-refractivity contribution in [3.8, 4) is 0 Å². The smallest absolute Gasteiger partial charge is 0.239 e. The maximum Gasteiger partial charge on any atom is 0.239 e. The van der Waals surface area contributed by atoms with Crippen molar-refractivity contribution in [2.24, 2.45) is 7.05 Å². The Morgan fingerprint density at radius 3 is 2.72 bits per heavy atom. The molecule has 0 spiro atoms. The van der Waals surface area contributed by atoms with Crippen LogP contribution in [0.25, 0.3) is 0 Å². The van der Waals surface area contributed by atoms with Gasteiger partial charge in [0.1, 0.15) is 5.82 Å². The number of nitrogens with one attached hydrogen (secondary N) is 2. The zero-order valence-corrected chi connectivity index (χ0v) is 10.3. The average molecular weight is 244 g/mol. The molecule has 0 aliphatic heterocycles. The molecule has 94 valence electrons. The lowest BCUT2D eigenvalue weighted by molar-refractivity contribution is -0.119. The Bertz CT molecular complexity index is 507. The second-order valence-corrected chi connectivity index (χ2v) is 3.99. The van der Waals surface area contributed by atoms with Gasteiger partial charge < -0.3 is 10.6 Å². The second kappa shape index (κ2) is 5.86. The molecule has 0 aliphatic carbocycles. The first-order valence-electron chi connectivity index (χ1n) is 5.78. The standard InChI is InChI=1S/C13H16N4O/c1-17-8-7-12(16-17)14-10-13(18)15-9-11-5-3-2-4-6-11/h2-8H,9-10H2,1H3,(H,14,16)(H,15,18). The van der Waals surface area contributed by atoms with Gasteiger partial charge in [0, 0.05) is 25.9 Å². The monoisotopic (exact) mass is 244 g/mol. The quantitative estimate of drug-likeness (QED) is 0.829. The number of benzene rings is 1. The summed E-state index contributed by atoms with van der Waals surface area (Å²) in [5, 5.41) is 9.92. The van der Waals surface area contributed by atoms with Crippen molar-refractivity contribution in [2.75, 3.05) is 11.9 Å². The number of carbonyl (C=O) groups is 1. The summed E-state index contributed by atoms with van der Waals surface area (Å²) in [7, 11) is 1.83. The summed E-state index contributed by atoms with van der Waals surface area (Å²) in [4.78, 5) is 11.6. The van der Waals surface area contributed by atoms with Gasteiger partial charge in [-0.1, -0.05) is 30.3 Å². The molecule has 1 aromatic carbocycles. The van der Waals surface area contributed by atoms with Crippen LogP contribution in [0.2, 0.25) is 0 Å². The Labute approximate surface area is 106 Å². The van der Waals surface area contributed by atoms with E-state index in [1.54, 1.807) is 4.68 Å². The van der Waals surface area contributed by atoms with Crippen LogP contribution in [-0.2, 0) is 18.4 Å². The number of hydrogen-bond donors (Lipinski definition) is 2. The third kappa shape index (κ3) is 3.62. The van der Waals surface area contributed by atoms with E-state index in [4.69, 9.17) is 0 Å². The topological polar surface area (TPSA) is 59.0 Å². The van der Waals surface area contributed by atoms with Crippen LogP contribution in [0.5, 0.6) is 0 Å². The molecule has 2 N–H and O–H groups in total. The number of anilines is 1. The number of nitrogens with zero attached hydrogens (tertiary/aromatic N) is 2. The summed E-state index contributed by atoms with van der Waals surface area (Å²) < 4.78 is 1.68. The third-order valence-electron chi connectivity index (χ3n) is 2.48. The molecule has 1 heterocycles. The first-order chi connectivity index (χ1) is 8.74. The highest BCUT2D eigenvalue weighted by Gasteiger charge is 2.02. The van der Waals surface area contributed by atoms with Crippen LogP contribution in [0, 0.1) is 0 Å². The van der Waals surface area contributed by atoms with Gasteiger partial charge in [-0.15, -0.1) is 0 Å². The van der Waals surface area contributed by atoms with Crippen LogP contribution in [0.3, 0.4) is 0 Å². The number of rotatable bonds is 5. The van der Waals surface area contributed by atoms with E-state index >= 15 is 0 Å². The van der Waals surface area contributed by atoms with Crippen molar-refractivity contribution in [2.45, 2.75) is 6.54 Å². The van der Waals surface area contributed by atoms with Crippen LogP contribution in [-0.4, -0.2) is 22.2 Å². The normalized spacial score (nSPS) is 10.1. The van der Waals surface area contributed by atoms with E-state index in [9.17, 15) is 4.79 Å². The van der Waals surface area contributed by atoms with Crippen molar-refractivity contribution in [1.29, 1.82) is 0 Å². The van der Waals surface area contributed by atoms with Gasteiger partial charge in [-0.25, -0.2) is 0 Å². The molecule has 0 fully saturated rings. The Morgan fingerprint density at radius 1 is 1.28 bits per heavy atom. The third-order valence-corrected chi connectivity index (χ3v) is 2.48. The van der Waals surface area contributed by atoms with Gasteiger partial charge in [0.05, 0.1) is 6.54 Å². The summed E-state index contributed by atoms with van der Waals surface area (Å²) in [6.45, 7) is 0.771. The molecule has 0 radical (unpaired) electrons. The predicted octanol–water partition coefficient (Wildman–Crippen LogP) is 1.15. The molecule has 0 aliphatic rings. The lowest BCUT2D eigenvalue weighted by Crippen LogP contribution is -2.29. The summed E-state index contributed by atoms with van der Waals surface area (Å²) in [5.41, 5.74) is 1.09. The molecule has 5 heteroatoms. The highest BCUT2D eigenvalue weighted by molar-refractivity contribution is 5.80. The van der Waals surface area contributed by atoms with Crippen LogP contribution in [0.15, 0.2) is 42.6 Å². The molecule has 0 bridgehead atoms. The summed E-state index contributed by atoms with van der Waals surface area (Å²) >= 11 is 0. The Hall–Kier alpha value is -2.30. The minimum atomic E-state index is -0.0514. The van der Waals surface area contributed by atoms with Crippen molar-refractivity contribution in [1.82, 2.24) is 15.1 Å². The molecule has 0 saturated carbocycles.